The molecular formula is C14H8ClN3O4. The number of pyridine rings is 1. The van der Waals surface area contributed by atoms with Crippen LogP contribution in [0.1, 0.15) is 31.1 Å². The summed E-state index contributed by atoms with van der Waals surface area (Å²) in [5.41, 5.74) is 5.83. The molecule has 8 heteroatoms. The zero-order chi connectivity index (χ0) is 16.0. The maximum atomic E-state index is 12.2. The van der Waals surface area contributed by atoms with Gasteiger partial charge in [0.1, 0.15) is 5.82 Å². The van der Waals surface area contributed by atoms with E-state index in [0.717, 1.165) is 10.6 Å². The fraction of sp³-hybridized carbons (Fsp3) is 0. The number of imide groups is 1. The Morgan fingerprint density at radius 2 is 1.73 bits per heavy atom. The van der Waals surface area contributed by atoms with E-state index in [-0.39, 0.29) is 22.5 Å². The summed E-state index contributed by atoms with van der Waals surface area (Å²) in [6.07, 6.45) is 0. The molecule has 7 nitrogen and oxygen atoms in total. The number of nitrogen functional groups attached to an aromatic ring is 1. The van der Waals surface area contributed by atoms with Crippen LogP contribution in [-0.2, 0) is 0 Å². The fourth-order valence-corrected chi connectivity index (χ4v) is 2.41. The van der Waals surface area contributed by atoms with Gasteiger partial charge >= 0.3 is 0 Å². The van der Waals surface area contributed by atoms with E-state index in [4.69, 9.17) is 17.3 Å². The highest BCUT2D eigenvalue weighted by atomic mass is 35.5. The Bertz CT molecular complexity index is 900. The second-order valence-corrected chi connectivity index (χ2v) is 4.94. The van der Waals surface area contributed by atoms with Crippen molar-refractivity contribution < 1.29 is 14.4 Å². The summed E-state index contributed by atoms with van der Waals surface area (Å²) in [7, 11) is 0. The predicted octanol–water partition coefficient (Wildman–Crippen LogP) is 0.682. The van der Waals surface area contributed by atoms with Gasteiger partial charge in [-0.25, -0.2) is 0 Å². The van der Waals surface area contributed by atoms with Crippen LogP contribution in [0.2, 0.25) is 0 Å². The first-order chi connectivity index (χ1) is 10.4. The highest BCUT2D eigenvalue weighted by molar-refractivity contribution is 6.67. The number of nitrogens with zero attached hydrogens (tertiary/aromatic N) is 1. The lowest BCUT2D eigenvalue weighted by atomic mass is 10.1. The third-order valence-corrected chi connectivity index (χ3v) is 3.52. The molecule has 2 aromatic rings. The first-order valence-corrected chi connectivity index (χ1v) is 6.49. The Morgan fingerprint density at radius 1 is 1.09 bits per heavy atom. The lowest BCUT2D eigenvalue weighted by Crippen LogP contribution is -2.24. The second kappa shape index (κ2) is 4.81. The van der Waals surface area contributed by atoms with E-state index < -0.39 is 22.6 Å². The molecule has 1 aromatic carbocycles. The van der Waals surface area contributed by atoms with Crippen molar-refractivity contribution in [3.05, 3.63) is 57.4 Å². The molecule has 0 fully saturated rings. The highest BCUT2D eigenvalue weighted by Crippen LogP contribution is 2.23. The van der Waals surface area contributed by atoms with E-state index in [1.165, 1.54) is 24.3 Å². The summed E-state index contributed by atoms with van der Waals surface area (Å²) < 4.78 is 1.08. The van der Waals surface area contributed by atoms with E-state index in [1.54, 1.807) is 0 Å². The number of nitrogens with two attached hydrogens (primary N) is 1. The van der Waals surface area contributed by atoms with Gasteiger partial charge < -0.3 is 5.73 Å². The van der Waals surface area contributed by atoms with E-state index in [9.17, 15) is 19.2 Å². The van der Waals surface area contributed by atoms with Crippen LogP contribution in [0.3, 0.4) is 0 Å². The molecule has 0 saturated heterocycles. The maximum absolute atomic E-state index is 12.2. The van der Waals surface area contributed by atoms with Gasteiger partial charge in [0.2, 0.25) is 0 Å². The minimum Gasteiger partial charge on any atom is -0.384 e. The summed E-state index contributed by atoms with van der Waals surface area (Å²) in [5, 5.41) is 1.45. The molecule has 1 aliphatic heterocycles. The number of amides is 2. The Hall–Kier alpha value is -2.93. The molecule has 0 spiro atoms. The Labute approximate surface area is 128 Å². The van der Waals surface area contributed by atoms with Crippen LogP contribution < -0.4 is 16.6 Å². The SMILES string of the molecule is Nc1c2c(cc(=O)n1-c1ccc(C(=O)Cl)cc1)C(=O)NC2=O. The van der Waals surface area contributed by atoms with Gasteiger partial charge in [-0.1, -0.05) is 0 Å². The number of hydrogen-bond acceptors (Lipinski definition) is 5. The smallest absolute Gasteiger partial charge is 0.262 e. The standard InChI is InChI=1S/C14H8ClN3O4/c15-11(20)6-1-3-7(4-2-6)18-9(19)5-8-10(12(18)16)14(22)17-13(8)21/h1-5H,16H2,(H,17,21,22). The van der Waals surface area contributed by atoms with Crippen LogP contribution in [-0.4, -0.2) is 21.6 Å². The average molecular weight is 318 g/mol. The van der Waals surface area contributed by atoms with Crippen molar-refractivity contribution in [2.75, 3.05) is 5.73 Å². The van der Waals surface area contributed by atoms with Crippen molar-refractivity contribution in [1.29, 1.82) is 0 Å². The van der Waals surface area contributed by atoms with Crippen LogP contribution >= 0.6 is 11.6 Å². The van der Waals surface area contributed by atoms with E-state index in [1.807, 2.05) is 0 Å². The van der Waals surface area contributed by atoms with Crippen LogP contribution in [0.25, 0.3) is 5.69 Å². The van der Waals surface area contributed by atoms with Crippen molar-refractivity contribution in [3.8, 4) is 5.69 Å². The van der Waals surface area contributed by atoms with Crippen LogP contribution in [0.15, 0.2) is 35.1 Å². The summed E-state index contributed by atoms with van der Waals surface area (Å²) in [4.78, 5) is 46.5. The molecular weight excluding hydrogens is 310 g/mol. The number of carbonyl (C=O) groups is 3. The van der Waals surface area contributed by atoms with E-state index >= 15 is 0 Å². The predicted molar refractivity (Wildman–Crippen MR) is 78.4 cm³/mol. The summed E-state index contributed by atoms with van der Waals surface area (Å²) in [6.45, 7) is 0. The minimum absolute atomic E-state index is 0.0397. The zero-order valence-corrected chi connectivity index (χ0v) is 11.7. The van der Waals surface area contributed by atoms with Crippen molar-refractivity contribution in [1.82, 2.24) is 9.88 Å². The molecule has 1 aliphatic rings. The molecule has 1 aromatic heterocycles. The topological polar surface area (TPSA) is 111 Å². The molecule has 0 saturated carbocycles. The monoisotopic (exact) mass is 317 g/mol. The van der Waals surface area contributed by atoms with Gasteiger partial charge in [0.25, 0.3) is 22.6 Å². The molecule has 3 N–H and O–H groups in total. The number of hydrogen-bond donors (Lipinski definition) is 2. The maximum Gasteiger partial charge on any atom is 0.262 e. The number of halogens is 1. The number of nitrogens with one attached hydrogen (secondary N) is 1. The second-order valence-electron chi connectivity index (χ2n) is 4.60. The van der Waals surface area contributed by atoms with Crippen LogP contribution in [0.4, 0.5) is 5.82 Å². The van der Waals surface area contributed by atoms with Crippen LogP contribution in [0.5, 0.6) is 0 Å². The molecule has 2 amide bonds. The van der Waals surface area contributed by atoms with E-state index in [2.05, 4.69) is 5.32 Å². The quantitative estimate of drug-likeness (QED) is 0.625. The lowest BCUT2D eigenvalue weighted by molar-refractivity contribution is 0.0879. The van der Waals surface area contributed by atoms with Gasteiger partial charge in [-0.05, 0) is 35.9 Å². The van der Waals surface area contributed by atoms with Gasteiger partial charge in [-0.3, -0.25) is 29.1 Å². The molecule has 0 bridgehead atoms. The van der Waals surface area contributed by atoms with Crippen molar-refractivity contribution in [2.45, 2.75) is 0 Å². The minimum atomic E-state index is -0.654. The van der Waals surface area contributed by atoms with Crippen LogP contribution in [0, 0.1) is 0 Å². The lowest BCUT2D eigenvalue weighted by Gasteiger charge is -2.11. The van der Waals surface area contributed by atoms with Gasteiger partial charge in [0, 0.05) is 11.6 Å². The van der Waals surface area contributed by atoms with E-state index in [0.29, 0.717) is 5.69 Å². The Morgan fingerprint density at radius 3 is 2.32 bits per heavy atom. The summed E-state index contributed by atoms with van der Waals surface area (Å²) >= 11 is 5.35. The first-order valence-electron chi connectivity index (χ1n) is 6.11. The summed E-state index contributed by atoms with van der Waals surface area (Å²) in [5.74, 6) is -1.45. The molecule has 0 aliphatic carbocycles. The molecule has 0 atom stereocenters. The molecule has 3 rings (SSSR count). The largest absolute Gasteiger partial charge is 0.384 e. The third kappa shape index (κ3) is 1.99. The molecule has 22 heavy (non-hydrogen) atoms. The van der Waals surface area contributed by atoms with Gasteiger partial charge in [-0.15, -0.1) is 0 Å². The molecule has 110 valence electrons. The van der Waals surface area contributed by atoms with Gasteiger partial charge in [0.05, 0.1) is 16.8 Å². The van der Waals surface area contributed by atoms with Gasteiger partial charge in [0.15, 0.2) is 0 Å². The molecule has 0 radical (unpaired) electrons. The first kappa shape index (κ1) is 14.0. The Kier molecular flexibility index (Phi) is 3.07. The number of aromatic nitrogens is 1. The Balaban J connectivity index is 2.22. The van der Waals surface area contributed by atoms with Gasteiger partial charge in [-0.2, -0.15) is 0 Å². The summed E-state index contributed by atoms with van der Waals surface area (Å²) in [6, 6.07) is 6.83. The van der Waals surface area contributed by atoms with Crippen molar-refractivity contribution in [2.24, 2.45) is 0 Å². The normalized spacial score (nSPS) is 13.0. The molecule has 0 unspecified atom stereocenters. The van der Waals surface area contributed by atoms with Crippen molar-refractivity contribution in [3.63, 3.8) is 0 Å². The number of anilines is 1. The van der Waals surface area contributed by atoms with Crippen molar-refractivity contribution >= 4 is 34.5 Å². The number of benzene rings is 1. The zero-order valence-electron chi connectivity index (χ0n) is 10.9. The third-order valence-electron chi connectivity index (χ3n) is 3.31. The number of carbonyl (C=O) groups excluding carboxylic acids is 3. The number of rotatable bonds is 2. The highest BCUT2D eigenvalue weighted by Gasteiger charge is 2.31. The average Bonchev–Trinajstić information content (AvgIpc) is 2.74. The molecule has 2 heterocycles. The fourth-order valence-electron chi connectivity index (χ4n) is 2.29. The number of fused-ring (bicyclic) bond motifs is 1.